The van der Waals surface area contributed by atoms with Crippen molar-refractivity contribution in [3.05, 3.63) is 90.0 Å². The molecule has 0 aliphatic carbocycles. The third kappa shape index (κ3) is 7.10. The Morgan fingerprint density at radius 3 is 2.36 bits per heavy atom. The fraction of sp³-hybridized carbons (Fsp3) is 0.296. The Labute approximate surface area is 210 Å². The van der Waals surface area contributed by atoms with E-state index in [9.17, 15) is 14.3 Å². The number of piperazine rings is 1. The van der Waals surface area contributed by atoms with Crippen molar-refractivity contribution in [3.63, 3.8) is 0 Å². The molecule has 1 atom stereocenters. The van der Waals surface area contributed by atoms with Crippen LogP contribution in [0.15, 0.2) is 78.2 Å². The quantitative estimate of drug-likeness (QED) is 0.353. The number of amides is 1. The maximum absolute atomic E-state index is 13.1. The van der Waals surface area contributed by atoms with Crippen molar-refractivity contribution in [1.29, 1.82) is 0 Å². The molecule has 1 aliphatic heterocycles. The molecule has 0 spiro atoms. The van der Waals surface area contributed by atoms with Crippen molar-refractivity contribution < 1.29 is 19.0 Å². The molecule has 2 heterocycles. The van der Waals surface area contributed by atoms with Crippen LogP contribution in [0.1, 0.15) is 22.8 Å². The summed E-state index contributed by atoms with van der Waals surface area (Å²) in [6, 6.07) is 16.9. The molecule has 36 heavy (non-hydrogen) atoms. The molecular formula is C27H30FN5O3. The van der Waals surface area contributed by atoms with Gasteiger partial charge in [0.2, 0.25) is 0 Å². The number of anilines is 1. The smallest absolute Gasteiger partial charge is 0.271 e. The number of pyridine rings is 1. The molecule has 4 rings (SSSR count). The first-order valence-corrected chi connectivity index (χ1v) is 11.9. The number of hydrogen-bond acceptors (Lipinski definition) is 7. The highest BCUT2D eigenvalue weighted by molar-refractivity contribution is 6.00. The number of nitrogens with one attached hydrogen (secondary N) is 1. The number of aromatic nitrogens is 1. The minimum atomic E-state index is -0.643. The van der Waals surface area contributed by atoms with E-state index in [0.29, 0.717) is 23.6 Å². The molecule has 2 aromatic carbocycles. The van der Waals surface area contributed by atoms with Crippen LogP contribution in [0.4, 0.5) is 10.1 Å². The van der Waals surface area contributed by atoms with E-state index >= 15 is 0 Å². The summed E-state index contributed by atoms with van der Waals surface area (Å²) in [6.07, 6.45) is 2.69. The number of nitrogens with zero attached hydrogens (tertiary/aromatic N) is 4. The molecule has 2 N–H and O–H groups in total. The topological polar surface area (TPSA) is 90.3 Å². The Bertz CT molecular complexity index is 1150. The number of hydrazone groups is 1. The van der Waals surface area contributed by atoms with Gasteiger partial charge in [0.25, 0.3) is 5.91 Å². The lowest BCUT2D eigenvalue weighted by molar-refractivity contribution is 0.0663. The zero-order valence-corrected chi connectivity index (χ0v) is 20.2. The number of carbonyl (C=O) groups is 1. The minimum Gasteiger partial charge on any atom is -0.491 e. The molecule has 1 unspecified atom stereocenters. The SMILES string of the molecule is CC(=NNC(=O)c1ccc(OCC(O)CN2CCN(c3ccc(F)cc3)CC2)cc1)c1ccncc1. The molecule has 3 aromatic rings. The maximum Gasteiger partial charge on any atom is 0.271 e. The molecule has 0 radical (unpaired) electrons. The summed E-state index contributed by atoms with van der Waals surface area (Å²) in [7, 11) is 0. The first kappa shape index (κ1) is 25.3. The Hall–Kier alpha value is -3.82. The second-order valence-electron chi connectivity index (χ2n) is 8.63. The highest BCUT2D eigenvalue weighted by Crippen LogP contribution is 2.17. The Balaban J connectivity index is 1.18. The molecule has 0 saturated carbocycles. The van der Waals surface area contributed by atoms with Gasteiger partial charge in [-0.3, -0.25) is 14.7 Å². The van der Waals surface area contributed by atoms with Crippen LogP contribution in [-0.4, -0.2) is 72.0 Å². The molecule has 0 bridgehead atoms. The fourth-order valence-electron chi connectivity index (χ4n) is 3.94. The van der Waals surface area contributed by atoms with Gasteiger partial charge < -0.3 is 14.7 Å². The van der Waals surface area contributed by atoms with E-state index in [0.717, 1.165) is 37.4 Å². The summed E-state index contributed by atoms with van der Waals surface area (Å²) in [5.74, 6) is 0.0117. The van der Waals surface area contributed by atoms with Gasteiger partial charge in [-0.1, -0.05) is 0 Å². The third-order valence-corrected chi connectivity index (χ3v) is 6.02. The van der Waals surface area contributed by atoms with Gasteiger partial charge in [-0.05, 0) is 67.6 Å². The molecule has 1 aromatic heterocycles. The van der Waals surface area contributed by atoms with E-state index in [2.05, 4.69) is 25.3 Å². The van der Waals surface area contributed by atoms with Gasteiger partial charge in [0, 0.05) is 61.9 Å². The number of β-amino-alcohol motifs (C(OH)–C–C–N with tert-alkyl or cyclic N) is 1. The molecule has 8 nitrogen and oxygen atoms in total. The van der Waals surface area contributed by atoms with Crippen LogP contribution in [-0.2, 0) is 0 Å². The Morgan fingerprint density at radius 1 is 1.03 bits per heavy atom. The first-order chi connectivity index (χ1) is 17.5. The number of rotatable bonds is 9. The van der Waals surface area contributed by atoms with Crippen LogP contribution < -0.4 is 15.1 Å². The highest BCUT2D eigenvalue weighted by atomic mass is 19.1. The number of aliphatic hydroxyl groups is 1. The van der Waals surface area contributed by atoms with Crippen molar-refractivity contribution in [2.24, 2.45) is 5.10 Å². The highest BCUT2D eigenvalue weighted by Gasteiger charge is 2.20. The van der Waals surface area contributed by atoms with Crippen LogP contribution in [0.3, 0.4) is 0 Å². The van der Waals surface area contributed by atoms with Crippen molar-refractivity contribution >= 4 is 17.3 Å². The maximum atomic E-state index is 13.1. The van der Waals surface area contributed by atoms with E-state index in [1.807, 2.05) is 19.1 Å². The molecule has 1 fully saturated rings. The monoisotopic (exact) mass is 491 g/mol. The summed E-state index contributed by atoms with van der Waals surface area (Å²) in [5, 5.41) is 14.6. The normalized spacial score (nSPS) is 15.4. The average molecular weight is 492 g/mol. The second-order valence-corrected chi connectivity index (χ2v) is 8.63. The summed E-state index contributed by atoms with van der Waals surface area (Å²) < 4.78 is 18.8. The number of ether oxygens (including phenoxy) is 1. The Morgan fingerprint density at radius 2 is 1.69 bits per heavy atom. The van der Waals surface area contributed by atoms with Crippen molar-refractivity contribution in [3.8, 4) is 5.75 Å². The zero-order valence-electron chi connectivity index (χ0n) is 20.2. The van der Waals surface area contributed by atoms with Gasteiger partial charge in [-0.15, -0.1) is 0 Å². The van der Waals surface area contributed by atoms with Crippen molar-refractivity contribution in [2.45, 2.75) is 13.0 Å². The van der Waals surface area contributed by atoms with Gasteiger partial charge in [0.15, 0.2) is 0 Å². The van der Waals surface area contributed by atoms with E-state index in [-0.39, 0.29) is 18.3 Å². The lowest BCUT2D eigenvalue weighted by Crippen LogP contribution is -2.49. The van der Waals surface area contributed by atoms with Crippen LogP contribution in [0, 0.1) is 5.82 Å². The minimum absolute atomic E-state index is 0.152. The summed E-state index contributed by atoms with van der Waals surface area (Å²) in [5.41, 5.74) is 5.56. The van der Waals surface area contributed by atoms with Crippen LogP contribution in [0.2, 0.25) is 0 Å². The molecule has 188 valence electrons. The number of benzene rings is 2. The molecule has 1 aliphatic rings. The van der Waals surface area contributed by atoms with Crippen molar-refractivity contribution in [2.75, 3.05) is 44.2 Å². The van der Waals surface area contributed by atoms with Gasteiger partial charge in [0.1, 0.15) is 24.3 Å². The zero-order chi connectivity index (χ0) is 25.3. The van der Waals surface area contributed by atoms with Gasteiger partial charge in [-0.2, -0.15) is 5.10 Å². The molecule has 1 saturated heterocycles. The largest absolute Gasteiger partial charge is 0.491 e. The molecule has 9 heteroatoms. The number of halogens is 1. The van der Waals surface area contributed by atoms with Crippen molar-refractivity contribution in [1.82, 2.24) is 15.3 Å². The Kier molecular flexibility index (Phi) is 8.59. The number of hydrogen-bond donors (Lipinski definition) is 2. The van der Waals surface area contributed by atoms with Gasteiger partial charge in [0.05, 0.1) is 5.71 Å². The average Bonchev–Trinajstić information content (AvgIpc) is 2.92. The molecular weight excluding hydrogens is 461 g/mol. The van der Waals surface area contributed by atoms with E-state index in [1.165, 1.54) is 12.1 Å². The summed E-state index contributed by atoms with van der Waals surface area (Å²) in [4.78, 5) is 20.7. The third-order valence-electron chi connectivity index (χ3n) is 6.02. The lowest BCUT2D eigenvalue weighted by atomic mass is 10.2. The van der Waals surface area contributed by atoms with Gasteiger partial charge >= 0.3 is 0 Å². The van der Waals surface area contributed by atoms with E-state index in [1.54, 1.807) is 48.8 Å². The summed E-state index contributed by atoms with van der Waals surface area (Å²) in [6.45, 7) is 5.71. The molecule has 1 amide bonds. The lowest BCUT2D eigenvalue weighted by Gasteiger charge is -2.36. The number of aliphatic hydroxyl groups excluding tert-OH is 1. The summed E-state index contributed by atoms with van der Waals surface area (Å²) >= 11 is 0. The van der Waals surface area contributed by atoms with Gasteiger partial charge in [-0.25, -0.2) is 9.82 Å². The van der Waals surface area contributed by atoms with Crippen LogP contribution >= 0.6 is 0 Å². The predicted molar refractivity (Wildman–Crippen MR) is 137 cm³/mol. The second kappa shape index (κ2) is 12.2. The van der Waals surface area contributed by atoms with E-state index < -0.39 is 6.10 Å². The fourth-order valence-corrected chi connectivity index (χ4v) is 3.94. The standard InChI is InChI=1S/C27H30FN5O3/c1-20(21-10-12-29-13-11-21)30-31-27(35)22-2-8-26(9-3-22)36-19-25(34)18-32-14-16-33(17-15-32)24-6-4-23(28)5-7-24/h2-13,25,34H,14-19H2,1H3,(H,31,35). The number of carbonyl (C=O) groups excluding carboxylic acids is 1. The first-order valence-electron chi connectivity index (χ1n) is 11.9. The van der Waals surface area contributed by atoms with E-state index in [4.69, 9.17) is 4.74 Å². The van der Waals surface area contributed by atoms with Crippen LogP contribution in [0.5, 0.6) is 5.75 Å². The van der Waals surface area contributed by atoms with Crippen LogP contribution in [0.25, 0.3) is 0 Å². The predicted octanol–water partition coefficient (Wildman–Crippen LogP) is 2.94.